The molecule has 2 aromatic heterocycles. The van der Waals surface area contributed by atoms with Crippen molar-refractivity contribution in [2.24, 2.45) is 18.5 Å². The highest BCUT2D eigenvalue weighted by Gasteiger charge is 2.31. The Morgan fingerprint density at radius 1 is 1.15 bits per heavy atom. The van der Waals surface area contributed by atoms with E-state index in [0.29, 0.717) is 42.9 Å². The van der Waals surface area contributed by atoms with Crippen LogP contribution in [0.25, 0.3) is 33.5 Å². The molecule has 1 fully saturated rings. The number of aryl methyl sites for hydroxylation is 1. The van der Waals surface area contributed by atoms with E-state index >= 15 is 0 Å². The van der Waals surface area contributed by atoms with Crippen LogP contribution in [0.5, 0.6) is 5.75 Å². The van der Waals surface area contributed by atoms with E-state index in [0.717, 1.165) is 59.4 Å². The van der Waals surface area contributed by atoms with Crippen LogP contribution in [0.4, 0.5) is 5.69 Å². The van der Waals surface area contributed by atoms with E-state index in [4.69, 9.17) is 21.2 Å². The highest BCUT2D eigenvalue weighted by Crippen LogP contribution is 2.42. The van der Waals surface area contributed by atoms with Crippen LogP contribution >= 0.6 is 0 Å². The van der Waals surface area contributed by atoms with Gasteiger partial charge in [-0.2, -0.15) is 0 Å². The van der Waals surface area contributed by atoms with Crippen molar-refractivity contribution in [1.29, 1.82) is 0 Å². The number of hydrogen-bond acceptors (Lipinski definition) is 6. The number of aromatic nitrogens is 3. The van der Waals surface area contributed by atoms with E-state index < -0.39 is 0 Å². The van der Waals surface area contributed by atoms with Crippen molar-refractivity contribution < 1.29 is 14.3 Å². The molecule has 210 valence electrons. The van der Waals surface area contributed by atoms with E-state index in [1.807, 2.05) is 24.1 Å². The van der Waals surface area contributed by atoms with Gasteiger partial charge >= 0.3 is 0 Å². The van der Waals surface area contributed by atoms with Crippen LogP contribution in [0.2, 0.25) is 0 Å². The van der Waals surface area contributed by atoms with Gasteiger partial charge in [0, 0.05) is 56.6 Å². The van der Waals surface area contributed by atoms with Crippen LogP contribution in [-0.4, -0.2) is 70.2 Å². The maximum absolute atomic E-state index is 13.4. The first-order valence-corrected chi connectivity index (χ1v) is 14.1. The van der Waals surface area contributed by atoms with E-state index in [1.54, 1.807) is 7.11 Å². The van der Waals surface area contributed by atoms with Crippen molar-refractivity contribution >= 4 is 39.4 Å². The van der Waals surface area contributed by atoms with Gasteiger partial charge in [0.15, 0.2) is 5.82 Å². The third-order valence-electron chi connectivity index (χ3n) is 8.45. The smallest absolute Gasteiger partial charge is 0.254 e. The van der Waals surface area contributed by atoms with Gasteiger partial charge in [0.2, 0.25) is 5.91 Å². The van der Waals surface area contributed by atoms with Crippen LogP contribution in [0.15, 0.2) is 36.4 Å². The Morgan fingerprint density at radius 3 is 2.70 bits per heavy atom. The molecule has 2 aromatic carbocycles. The third kappa shape index (κ3) is 4.27. The highest BCUT2D eigenvalue weighted by atomic mass is 16.5. The summed E-state index contributed by atoms with van der Waals surface area (Å²) >= 11 is 0. The van der Waals surface area contributed by atoms with Gasteiger partial charge in [-0.3, -0.25) is 9.59 Å². The van der Waals surface area contributed by atoms with Crippen LogP contribution in [-0.2, 0) is 11.8 Å². The second-order valence-electron chi connectivity index (χ2n) is 11.0. The first-order valence-electron chi connectivity index (χ1n) is 14.1. The van der Waals surface area contributed by atoms with Crippen molar-refractivity contribution in [2.75, 3.05) is 38.2 Å². The molecule has 40 heavy (non-hydrogen) atoms. The molecule has 0 saturated carbocycles. The number of nitrogens with zero attached hydrogens (tertiary/aromatic N) is 5. The molecule has 2 atom stereocenters. The summed E-state index contributed by atoms with van der Waals surface area (Å²) in [6.45, 7) is 4.82. The molecule has 2 amide bonds. The van der Waals surface area contributed by atoms with Gasteiger partial charge in [-0.05, 0) is 43.5 Å². The van der Waals surface area contributed by atoms with Gasteiger partial charge in [0.05, 0.1) is 35.6 Å². The summed E-state index contributed by atoms with van der Waals surface area (Å²) in [4.78, 5) is 34.2. The second kappa shape index (κ2) is 10.2. The molecule has 4 aromatic rings. The monoisotopic (exact) mass is 543 g/mol. The molecular formula is C30H37N7O3. The van der Waals surface area contributed by atoms with E-state index in [-0.39, 0.29) is 23.9 Å². The number of imidazole rings is 1. The summed E-state index contributed by atoms with van der Waals surface area (Å²) in [7, 11) is 3.62. The van der Waals surface area contributed by atoms with Gasteiger partial charge in [0.1, 0.15) is 11.3 Å². The van der Waals surface area contributed by atoms with Crippen molar-refractivity contribution in [3.8, 4) is 17.3 Å². The molecule has 2 aliphatic rings. The average molecular weight is 544 g/mol. The second-order valence-corrected chi connectivity index (χ2v) is 11.0. The Hall–Kier alpha value is -4.05. The number of carbonyl (C=O) groups is 2. The SMILES string of the molecule is CCC1CN(CCC(N)=O)c2cccc3cc(-c4nc5cc(C(=O)N6CCC[C@@H](N)C6)cc(OC)c5n4C)n1c23. The van der Waals surface area contributed by atoms with Crippen molar-refractivity contribution in [1.82, 2.24) is 19.0 Å². The van der Waals surface area contributed by atoms with Crippen molar-refractivity contribution in [3.63, 3.8) is 0 Å². The number of piperidine rings is 1. The molecule has 0 bridgehead atoms. The van der Waals surface area contributed by atoms with Crippen LogP contribution in [0.3, 0.4) is 0 Å². The van der Waals surface area contributed by atoms with Crippen LogP contribution in [0, 0.1) is 0 Å². The van der Waals surface area contributed by atoms with Gasteiger partial charge < -0.3 is 35.1 Å². The Labute approximate surface area is 233 Å². The lowest BCUT2D eigenvalue weighted by atomic mass is 10.0. The number of nitrogens with two attached hydrogens (primary N) is 2. The molecule has 1 saturated heterocycles. The summed E-state index contributed by atoms with van der Waals surface area (Å²) in [5, 5.41) is 1.12. The Morgan fingerprint density at radius 2 is 1.98 bits per heavy atom. The zero-order valence-corrected chi connectivity index (χ0v) is 23.4. The number of methoxy groups -OCH3 is 1. The zero-order valence-electron chi connectivity index (χ0n) is 23.4. The summed E-state index contributed by atoms with van der Waals surface area (Å²) in [6.07, 6.45) is 3.08. The standard InChI is InChI=1S/C30H37N7O3/c1-4-21-17-35(12-10-26(32)38)23-9-5-7-18-14-24(37(21)27(18)23)29-33-22-13-19(15-25(40-3)28(22)34(29)2)30(39)36-11-6-8-20(31)16-36/h5,7,9,13-15,20-21H,4,6,8,10-12,16-17,31H2,1-3H3,(H2,32,38)/t20-,21?/m1/s1. The van der Waals surface area contributed by atoms with E-state index in [1.165, 1.54) is 0 Å². The number of rotatable bonds is 7. The quantitative estimate of drug-likeness (QED) is 0.368. The molecule has 10 nitrogen and oxygen atoms in total. The van der Waals surface area contributed by atoms with Gasteiger partial charge in [0.25, 0.3) is 5.91 Å². The minimum atomic E-state index is -0.295. The number of para-hydroxylation sites is 1. The lowest BCUT2D eigenvalue weighted by molar-refractivity contribution is -0.117. The summed E-state index contributed by atoms with van der Waals surface area (Å²) in [5.41, 5.74) is 17.0. The number of primary amides is 1. The molecule has 2 aliphatic heterocycles. The summed E-state index contributed by atoms with van der Waals surface area (Å²) in [6, 6.07) is 12.4. The first-order chi connectivity index (χ1) is 19.3. The predicted molar refractivity (Wildman–Crippen MR) is 157 cm³/mol. The lowest BCUT2D eigenvalue weighted by Gasteiger charge is -2.36. The number of likely N-dealkylation sites (tertiary alicyclic amines) is 1. The normalized spacial score (nSPS) is 19.0. The van der Waals surface area contributed by atoms with Gasteiger partial charge in [-0.25, -0.2) is 4.98 Å². The number of ether oxygens (including phenoxy) is 1. The molecule has 1 unspecified atom stereocenters. The van der Waals surface area contributed by atoms with E-state index in [9.17, 15) is 9.59 Å². The van der Waals surface area contributed by atoms with Crippen molar-refractivity contribution in [2.45, 2.75) is 44.7 Å². The Balaban J connectivity index is 1.48. The molecular weight excluding hydrogens is 506 g/mol. The fourth-order valence-electron chi connectivity index (χ4n) is 6.47. The number of amides is 2. The fraction of sp³-hybridized carbons (Fsp3) is 0.433. The Kier molecular flexibility index (Phi) is 6.66. The topological polar surface area (TPSA) is 125 Å². The predicted octanol–water partition coefficient (Wildman–Crippen LogP) is 3.41. The Bertz CT molecular complexity index is 1620. The number of anilines is 1. The molecule has 0 aliphatic carbocycles. The zero-order chi connectivity index (χ0) is 28.1. The van der Waals surface area contributed by atoms with Crippen LogP contribution < -0.4 is 21.1 Å². The molecule has 4 heterocycles. The summed E-state index contributed by atoms with van der Waals surface area (Å²) in [5.74, 6) is 1.09. The first kappa shape index (κ1) is 26.2. The maximum atomic E-state index is 13.4. The minimum Gasteiger partial charge on any atom is -0.494 e. The molecule has 4 N–H and O–H groups in total. The lowest BCUT2D eigenvalue weighted by Crippen LogP contribution is -2.45. The van der Waals surface area contributed by atoms with Crippen LogP contribution in [0.1, 0.15) is 49.0 Å². The number of benzene rings is 2. The maximum Gasteiger partial charge on any atom is 0.254 e. The molecule has 0 spiro atoms. The average Bonchev–Trinajstić information content (AvgIpc) is 3.50. The minimum absolute atomic E-state index is 0.00776. The molecule has 0 radical (unpaired) electrons. The number of hydrogen-bond donors (Lipinski definition) is 2. The van der Waals surface area contributed by atoms with E-state index in [2.05, 4.69) is 45.2 Å². The third-order valence-corrected chi connectivity index (χ3v) is 8.45. The largest absolute Gasteiger partial charge is 0.494 e. The number of carbonyl (C=O) groups excluding carboxylic acids is 2. The van der Waals surface area contributed by atoms with Gasteiger partial charge in [-0.1, -0.05) is 19.1 Å². The van der Waals surface area contributed by atoms with Crippen molar-refractivity contribution in [3.05, 3.63) is 42.0 Å². The highest BCUT2D eigenvalue weighted by molar-refractivity contribution is 6.01. The number of fused-ring (bicyclic) bond motifs is 1. The molecule has 6 rings (SSSR count). The van der Waals surface area contributed by atoms with Gasteiger partial charge in [-0.15, -0.1) is 0 Å². The fourth-order valence-corrected chi connectivity index (χ4v) is 6.47. The molecule has 10 heteroatoms. The summed E-state index contributed by atoms with van der Waals surface area (Å²) < 4.78 is 10.2.